The summed E-state index contributed by atoms with van der Waals surface area (Å²) in [6, 6.07) is 2.23. The molecule has 0 unspecified atom stereocenters. The lowest BCUT2D eigenvalue weighted by Crippen LogP contribution is -2.37. The molecular weight excluding hydrogens is 335 g/mol. The number of hydrogen-bond donors (Lipinski definition) is 1. The number of halogens is 3. The molecule has 25 heavy (non-hydrogen) atoms. The van der Waals surface area contributed by atoms with Crippen LogP contribution in [0.5, 0.6) is 0 Å². The van der Waals surface area contributed by atoms with Crippen molar-refractivity contribution in [2.45, 2.75) is 20.0 Å². The Labute approximate surface area is 143 Å². The van der Waals surface area contributed by atoms with Gasteiger partial charge in [0.25, 0.3) is 0 Å². The average molecular weight is 355 g/mol. The Balaban J connectivity index is 0.00000109. The molecule has 3 rings (SSSR count). The lowest BCUT2D eigenvalue weighted by molar-refractivity contribution is -0.137. The van der Waals surface area contributed by atoms with Gasteiger partial charge in [0, 0.05) is 31.0 Å². The summed E-state index contributed by atoms with van der Waals surface area (Å²) in [6.07, 6.45) is -2.02. The van der Waals surface area contributed by atoms with Crippen molar-refractivity contribution in [3.63, 3.8) is 0 Å². The SMILES string of the molecule is CC.Nc1cc(C(F)(F)F)c(-c2ccnc(N3CCOCC3)n2)cn1. The van der Waals surface area contributed by atoms with Gasteiger partial charge in [-0.3, -0.25) is 0 Å². The molecule has 1 aliphatic rings. The topological polar surface area (TPSA) is 77.2 Å². The van der Waals surface area contributed by atoms with Gasteiger partial charge in [-0.1, -0.05) is 13.8 Å². The number of morpholine rings is 1. The van der Waals surface area contributed by atoms with Gasteiger partial charge in [0.05, 0.1) is 24.5 Å². The van der Waals surface area contributed by atoms with Crippen molar-refractivity contribution in [3.8, 4) is 11.3 Å². The van der Waals surface area contributed by atoms with Gasteiger partial charge >= 0.3 is 6.18 Å². The number of alkyl halides is 3. The van der Waals surface area contributed by atoms with Crippen LogP contribution >= 0.6 is 0 Å². The van der Waals surface area contributed by atoms with Gasteiger partial charge in [-0.05, 0) is 12.1 Å². The standard InChI is InChI=1S/C14H14F3N5O.C2H6/c15-14(16,17)10-7-12(18)20-8-9(10)11-1-2-19-13(21-11)22-3-5-23-6-4-22;1-2/h1-2,7-8H,3-6H2,(H2,18,20);1-2H3. The second-order valence-corrected chi connectivity index (χ2v) is 4.99. The Morgan fingerprint density at radius 3 is 2.48 bits per heavy atom. The van der Waals surface area contributed by atoms with Crippen LogP contribution in [-0.4, -0.2) is 41.3 Å². The fraction of sp³-hybridized carbons (Fsp3) is 0.438. The molecule has 0 radical (unpaired) electrons. The fourth-order valence-electron chi connectivity index (χ4n) is 2.32. The molecule has 3 heterocycles. The molecule has 0 atom stereocenters. The highest BCUT2D eigenvalue weighted by Crippen LogP contribution is 2.37. The number of nitrogens with zero attached hydrogens (tertiary/aromatic N) is 4. The molecule has 2 aromatic rings. The maximum atomic E-state index is 13.2. The maximum absolute atomic E-state index is 13.2. The van der Waals surface area contributed by atoms with Crippen LogP contribution in [0.3, 0.4) is 0 Å². The predicted molar refractivity (Wildman–Crippen MR) is 89.1 cm³/mol. The van der Waals surface area contributed by atoms with Crippen molar-refractivity contribution in [1.82, 2.24) is 15.0 Å². The number of aromatic nitrogens is 3. The minimum Gasteiger partial charge on any atom is -0.384 e. The van der Waals surface area contributed by atoms with Gasteiger partial charge in [0.15, 0.2) is 0 Å². The van der Waals surface area contributed by atoms with Crippen LogP contribution in [0.15, 0.2) is 24.5 Å². The van der Waals surface area contributed by atoms with Crippen LogP contribution in [0.1, 0.15) is 19.4 Å². The van der Waals surface area contributed by atoms with Gasteiger partial charge < -0.3 is 15.4 Å². The third kappa shape index (κ3) is 4.56. The van der Waals surface area contributed by atoms with E-state index >= 15 is 0 Å². The van der Waals surface area contributed by atoms with E-state index in [1.165, 1.54) is 12.3 Å². The Kier molecular flexibility index (Phi) is 6.13. The van der Waals surface area contributed by atoms with Crippen LogP contribution < -0.4 is 10.6 Å². The van der Waals surface area contributed by atoms with Gasteiger partial charge in [0.2, 0.25) is 5.95 Å². The zero-order valence-electron chi connectivity index (χ0n) is 14.0. The van der Waals surface area contributed by atoms with E-state index in [9.17, 15) is 13.2 Å². The van der Waals surface area contributed by atoms with Crippen molar-refractivity contribution in [1.29, 1.82) is 0 Å². The monoisotopic (exact) mass is 355 g/mol. The van der Waals surface area contributed by atoms with Crippen molar-refractivity contribution >= 4 is 11.8 Å². The summed E-state index contributed by atoms with van der Waals surface area (Å²) in [4.78, 5) is 14.0. The zero-order chi connectivity index (χ0) is 18.4. The molecule has 6 nitrogen and oxygen atoms in total. The predicted octanol–water partition coefficient (Wildman–Crippen LogP) is 3.00. The summed E-state index contributed by atoms with van der Waals surface area (Å²) < 4.78 is 44.9. The number of hydrogen-bond acceptors (Lipinski definition) is 6. The highest BCUT2D eigenvalue weighted by molar-refractivity contribution is 5.66. The molecule has 2 aromatic heterocycles. The molecule has 9 heteroatoms. The van der Waals surface area contributed by atoms with Crippen LogP contribution in [0.25, 0.3) is 11.3 Å². The van der Waals surface area contributed by atoms with E-state index in [0.717, 1.165) is 12.3 Å². The summed E-state index contributed by atoms with van der Waals surface area (Å²) in [5, 5.41) is 0. The maximum Gasteiger partial charge on any atom is 0.417 e. The number of anilines is 2. The van der Waals surface area contributed by atoms with Crippen molar-refractivity contribution in [2.75, 3.05) is 36.9 Å². The molecule has 2 N–H and O–H groups in total. The largest absolute Gasteiger partial charge is 0.417 e. The second kappa shape index (κ2) is 8.11. The van der Waals surface area contributed by atoms with Crippen LogP contribution in [-0.2, 0) is 10.9 Å². The third-order valence-corrected chi connectivity index (χ3v) is 3.44. The van der Waals surface area contributed by atoms with Crippen LogP contribution in [0, 0.1) is 0 Å². The third-order valence-electron chi connectivity index (χ3n) is 3.44. The summed E-state index contributed by atoms with van der Waals surface area (Å²) in [7, 11) is 0. The summed E-state index contributed by atoms with van der Waals surface area (Å²) in [6.45, 7) is 6.25. The molecule has 0 aromatic carbocycles. The summed E-state index contributed by atoms with van der Waals surface area (Å²) >= 11 is 0. The molecule has 1 saturated heterocycles. The van der Waals surface area contributed by atoms with E-state index in [1.54, 1.807) is 0 Å². The van der Waals surface area contributed by atoms with Crippen molar-refractivity contribution in [3.05, 3.63) is 30.1 Å². The summed E-state index contributed by atoms with van der Waals surface area (Å²) in [5.74, 6) is 0.180. The number of ether oxygens (including phenoxy) is 1. The zero-order valence-corrected chi connectivity index (χ0v) is 14.0. The highest BCUT2D eigenvalue weighted by Gasteiger charge is 2.34. The first-order chi connectivity index (χ1) is 11.9. The van der Waals surface area contributed by atoms with E-state index in [0.29, 0.717) is 32.3 Å². The quantitative estimate of drug-likeness (QED) is 0.892. The smallest absolute Gasteiger partial charge is 0.384 e. The van der Waals surface area contributed by atoms with E-state index < -0.39 is 11.7 Å². The van der Waals surface area contributed by atoms with Crippen LogP contribution in [0.4, 0.5) is 24.9 Å². The highest BCUT2D eigenvalue weighted by atomic mass is 19.4. The first-order valence-electron chi connectivity index (χ1n) is 7.94. The Morgan fingerprint density at radius 2 is 1.84 bits per heavy atom. The van der Waals surface area contributed by atoms with Crippen molar-refractivity contribution < 1.29 is 17.9 Å². The molecule has 1 aliphatic heterocycles. The average Bonchev–Trinajstić information content (AvgIpc) is 2.63. The first kappa shape index (κ1) is 18.9. The lowest BCUT2D eigenvalue weighted by atomic mass is 10.1. The Morgan fingerprint density at radius 1 is 1.16 bits per heavy atom. The number of pyridine rings is 1. The molecule has 0 spiro atoms. The van der Waals surface area contributed by atoms with E-state index in [1.807, 2.05) is 18.7 Å². The van der Waals surface area contributed by atoms with Gasteiger partial charge in [0.1, 0.15) is 5.82 Å². The summed E-state index contributed by atoms with van der Waals surface area (Å²) in [5.41, 5.74) is 4.55. The van der Waals surface area contributed by atoms with E-state index in [-0.39, 0.29) is 17.1 Å². The minimum absolute atomic E-state index is 0.122. The van der Waals surface area contributed by atoms with E-state index in [2.05, 4.69) is 15.0 Å². The fourth-order valence-corrected chi connectivity index (χ4v) is 2.32. The van der Waals surface area contributed by atoms with Gasteiger partial charge in [-0.25, -0.2) is 15.0 Å². The molecular formula is C16H20F3N5O. The van der Waals surface area contributed by atoms with Crippen molar-refractivity contribution in [2.24, 2.45) is 0 Å². The molecule has 0 saturated carbocycles. The molecule has 0 bridgehead atoms. The molecule has 1 fully saturated rings. The second-order valence-electron chi connectivity index (χ2n) is 4.99. The van der Waals surface area contributed by atoms with Gasteiger partial charge in [-0.15, -0.1) is 0 Å². The molecule has 0 amide bonds. The minimum atomic E-state index is -4.55. The molecule has 136 valence electrons. The Hall–Kier alpha value is -2.42. The number of rotatable bonds is 2. The lowest BCUT2D eigenvalue weighted by Gasteiger charge is -2.27. The first-order valence-corrected chi connectivity index (χ1v) is 7.94. The Bertz CT molecular complexity index is 702. The number of nitrogens with two attached hydrogens (primary N) is 1. The van der Waals surface area contributed by atoms with Gasteiger partial charge in [-0.2, -0.15) is 13.2 Å². The number of nitrogen functional groups attached to an aromatic ring is 1. The van der Waals surface area contributed by atoms with E-state index in [4.69, 9.17) is 10.5 Å². The normalized spacial score (nSPS) is 14.7. The van der Waals surface area contributed by atoms with Crippen LogP contribution in [0.2, 0.25) is 0 Å². The molecule has 0 aliphatic carbocycles.